The van der Waals surface area contributed by atoms with Gasteiger partial charge in [0.05, 0.1) is 14.2 Å². The number of para-hydroxylation sites is 1. The molecule has 3 nitrogen and oxygen atoms in total. The van der Waals surface area contributed by atoms with Crippen molar-refractivity contribution in [2.75, 3.05) is 19.5 Å². The number of halogens is 3. The van der Waals surface area contributed by atoms with E-state index in [4.69, 9.17) is 9.47 Å². The van der Waals surface area contributed by atoms with Crippen molar-refractivity contribution in [2.24, 2.45) is 0 Å². The highest BCUT2D eigenvalue weighted by atomic mass is 79.9. The quantitative estimate of drug-likeness (QED) is 0.862. The van der Waals surface area contributed by atoms with Crippen LogP contribution in [0, 0.1) is 11.6 Å². The van der Waals surface area contributed by atoms with Gasteiger partial charge in [0, 0.05) is 11.0 Å². The van der Waals surface area contributed by atoms with E-state index in [0.717, 1.165) is 10.0 Å². The van der Waals surface area contributed by atoms with Gasteiger partial charge in [-0.1, -0.05) is 22.0 Å². The Morgan fingerprint density at radius 1 is 1.05 bits per heavy atom. The van der Waals surface area contributed by atoms with Gasteiger partial charge in [0.25, 0.3) is 0 Å². The van der Waals surface area contributed by atoms with Gasteiger partial charge < -0.3 is 14.8 Å². The van der Waals surface area contributed by atoms with Crippen molar-refractivity contribution in [3.05, 3.63) is 52.0 Å². The Bertz CT molecular complexity index is 630. The number of benzene rings is 2. The minimum absolute atomic E-state index is 0.154. The van der Waals surface area contributed by atoms with Crippen LogP contribution in [0.5, 0.6) is 11.5 Å². The van der Waals surface area contributed by atoms with Crippen LogP contribution in [-0.4, -0.2) is 14.2 Å². The monoisotopic (exact) mass is 357 g/mol. The molecule has 0 spiro atoms. The lowest BCUT2D eigenvalue weighted by molar-refractivity contribution is 0.354. The zero-order valence-corrected chi connectivity index (χ0v) is 13.1. The maximum Gasteiger partial charge on any atom is 0.161 e. The summed E-state index contributed by atoms with van der Waals surface area (Å²) in [5, 5.41) is 2.75. The summed E-state index contributed by atoms with van der Waals surface area (Å²) in [6.07, 6.45) is 0. The minimum Gasteiger partial charge on any atom is -0.493 e. The molecule has 112 valence electrons. The van der Waals surface area contributed by atoms with Crippen molar-refractivity contribution in [1.82, 2.24) is 0 Å². The van der Waals surface area contributed by atoms with Crippen LogP contribution in [0.4, 0.5) is 14.5 Å². The molecule has 0 aromatic heterocycles. The van der Waals surface area contributed by atoms with Crippen molar-refractivity contribution >= 4 is 21.6 Å². The van der Waals surface area contributed by atoms with E-state index in [9.17, 15) is 8.78 Å². The Kier molecular flexibility index (Phi) is 5.01. The van der Waals surface area contributed by atoms with E-state index in [1.54, 1.807) is 12.1 Å². The fourth-order valence-electron chi connectivity index (χ4n) is 1.88. The molecule has 1 N–H and O–H groups in total. The molecule has 0 bridgehead atoms. The highest BCUT2D eigenvalue weighted by Gasteiger charge is 2.12. The number of hydrogen-bond acceptors (Lipinski definition) is 3. The van der Waals surface area contributed by atoms with Gasteiger partial charge in [0.1, 0.15) is 17.3 Å². The zero-order valence-electron chi connectivity index (χ0n) is 11.5. The lowest BCUT2D eigenvalue weighted by atomic mass is 10.2. The van der Waals surface area contributed by atoms with E-state index in [2.05, 4.69) is 21.2 Å². The van der Waals surface area contributed by atoms with Gasteiger partial charge in [-0.2, -0.15) is 0 Å². The SMILES string of the molecule is COc1cc(Br)c(CNc2c(F)cccc2F)cc1OC. The van der Waals surface area contributed by atoms with Gasteiger partial charge in [-0.25, -0.2) is 8.78 Å². The summed E-state index contributed by atoms with van der Waals surface area (Å²) < 4.78 is 38.3. The Balaban J connectivity index is 2.24. The molecular weight excluding hydrogens is 344 g/mol. The van der Waals surface area contributed by atoms with Crippen LogP contribution in [0.15, 0.2) is 34.8 Å². The van der Waals surface area contributed by atoms with E-state index < -0.39 is 11.6 Å². The van der Waals surface area contributed by atoms with Crippen LogP contribution in [-0.2, 0) is 6.54 Å². The zero-order chi connectivity index (χ0) is 15.4. The molecule has 0 aliphatic carbocycles. The third-order valence-corrected chi connectivity index (χ3v) is 3.71. The average molecular weight is 358 g/mol. The maximum atomic E-state index is 13.6. The molecule has 0 saturated carbocycles. The molecule has 0 atom stereocenters. The molecule has 2 rings (SSSR count). The molecule has 6 heteroatoms. The molecule has 0 aliphatic rings. The standard InChI is InChI=1S/C15H14BrF2NO2/c1-20-13-6-9(10(16)7-14(13)21-2)8-19-15-11(17)4-3-5-12(15)18/h3-7,19H,8H2,1-2H3. The first-order chi connectivity index (χ1) is 10.1. The Morgan fingerprint density at radius 2 is 1.62 bits per heavy atom. The summed E-state index contributed by atoms with van der Waals surface area (Å²) in [6, 6.07) is 7.22. The summed E-state index contributed by atoms with van der Waals surface area (Å²) in [5.74, 6) is -0.144. The highest BCUT2D eigenvalue weighted by Crippen LogP contribution is 2.33. The summed E-state index contributed by atoms with van der Waals surface area (Å²) >= 11 is 3.40. The van der Waals surface area contributed by atoms with E-state index in [1.807, 2.05) is 0 Å². The number of nitrogens with one attached hydrogen (secondary N) is 1. The largest absolute Gasteiger partial charge is 0.493 e. The second-order valence-corrected chi connectivity index (χ2v) is 5.10. The van der Waals surface area contributed by atoms with E-state index in [-0.39, 0.29) is 12.2 Å². The third kappa shape index (κ3) is 3.44. The van der Waals surface area contributed by atoms with Crippen molar-refractivity contribution in [3.8, 4) is 11.5 Å². The number of rotatable bonds is 5. The van der Waals surface area contributed by atoms with Gasteiger partial charge in [0.15, 0.2) is 11.5 Å². The van der Waals surface area contributed by atoms with E-state index in [0.29, 0.717) is 11.5 Å². The van der Waals surface area contributed by atoms with E-state index >= 15 is 0 Å². The Hall–Kier alpha value is -1.82. The molecule has 0 radical (unpaired) electrons. The first kappa shape index (κ1) is 15.6. The van der Waals surface area contributed by atoms with Gasteiger partial charge >= 0.3 is 0 Å². The molecule has 0 amide bonds. The predicted octanol–water partition coefficient (Wildman–Crippen LogP) is 4.36. The lowest BCUT2D eigenvalue weighted by Gasteiger charge is -2.13. The third-order valence-electron chi connectivity index (χ3n) is 2.97. The first-order valence-electron chi connectivity index (χ1n) is 6.15. The summed E-state index contributed by atoms with van der Waals surface area (Å²) in [4.78, 5) is 0. The Morgan fingerprint density at radius 3 is 2.19 bits per heavy atom. The Labute approximate surface area is 130 Å². The average Bonchev–Trinajstić information content (AvgIpc) is 2.47. The second kappa shape index (κ2) is 6.76. The molecule has 2 aromatic rings. The van der Waals surface area contributed by atoms with Gasteiger partial charge in [-0.3, -0.25) is 0 Å². The topological polar surface area (TPSA) is 30.5 Å². The number of ether oxygens (including phenoxy) is 2. The predicted molar refractivity (Wildman–Crippen MR) is 80.9 cm³/mol. The van der Waals surface area contributed by atoms with Gasteiger partial charge in [-0.05, 0) is 29.8 Å². The van der Waals surface area contributed by atoms with Crippen LogP contribution in [0.2, 0.25) is 0 Å². The second-order valence-electron chi connectivity index (χ2n) is 4.25. The van der Waals surface area contributed by atoms with Gasteiger partial charge in [-0.15, -0.1) is 0 Å². The molecule has 0 unspecified atom stereocenters. The van der Waals surface area contributed by atoms with E-state index in [1.165, 1.54) is 32.4 Å². The molecule has 0 saturated heterocycles. The summed E-state index contributed by atoms with van der Waals surface area (Å²) in [7, 11) is 3.07. The number of hydrogen-bond donors (Lipinski definition) is 1. The number of methoxy groups -OCH3 is 2. The molecule has 0 fully saturated rings. The van der Waals surface area contributed by atoms with Crippen LogP contribution in [0.25, 0.3) is 0 Å². The van der Waals surface area contributed by atoms with Crippen LogP contribution in [0.1, 0.15) is 5.56 Å². The fraction of sp³-hybridized carbons (Fsp3) is 0.200. The van der Waals surface area contributed by atoms with Gasteiger partial charge in [0.2, 0.25) is 0 Å². The lowest BCUT2D eigenvalue weighted by Crippen LogP contribution is -2.05. The molecule has 0 aliphatic heterocycles. The van der Waals surface area contributed by atoms with Crippen molar-refractivity contribution in [1.29, 1.82) is 0 Å². The smallest absolute Gasteiger partial charge is 0.161 e. The highest BCUT2D eigenvalue weighted by molar-refractivity contribution is 9.10. The van der Waals surface area contributed by atoms with Crippen LogP contribution < -0.4 is 14.8 Å². The first-order valence-corrected chi connectivity index (χ1v) is 6.94. The van der Waals surface area contributed by atoms with Crippen molar-refractivity contribution in [2.45, 2.75) is 6.54 Å². The fourth-order valence-corrected chi connectivity index (χ4v) is 2.34. The maximum absolute atomic E-state index is 13.6. The van der Waals surface area contributed by atoms with Crippen molar-refractivity contribution < 1.29 is 18.3 Å². The molecular formula is C15H14BrF2NO2. The summed E-state index contributed by atoms with van der Waals surface area (Å²) in [5.41, 5.74) is 0.634. The molecule has 0 heterocycles. The van der Waals surface area contributed by atoms with Crippen LogP contribution in [0.3, 0.4) is 0 Å². The normalized spacial score (nSPS) is 10.3. The molecule has 2 aromatic carbocycles. The minimum atomic E-state index is -0.633. The number of anilines is 1. The van der Waals surface area contributed by atoms with Crippen LogP contribution >= 0.6 is 15.9 Å². The summed E-state index contributed by atoms with van der Waals surface area (Å²) in [6.45, 7) is 0.235. The molecule has 21 heavy (non-hydrogen) atoms. The van der Waals surface area contributed by atoms with Crippen molar-refractivity contribution in [3.63, 3.8) is 0 Å².